The standard InChI is InChI=1S/C12H20IN/c1-4-12(8-13)9-5-6-11(2,7-9)10(12)14-3/h9H,4-8H2,1-3H3/t9-,11+,12+/m1/s1. The molecule has 2 heteroatoms. The molecule has 0 radical (unpaired) electrons. The van der Waals surface area contributed by atoms with Gasteiger partial charge in [0, 0.05) is 28.0 Å². The molecular weight excluding hydrogens is 285 g/mol. The molecule has 2 bridgehead atoms. The molecule has 0 aliphatic heterocycles. The number of nitrogens with zero attached hydrogens (tertiary/aromatic N) is 1. The molecule has 2 aliphatic rings. The van der Waals surface area contributed by atoms with Crippen molar-refractivity contribution in [2.45, 2.75) is 39.5 Å². The zero-order valence-corrected chi connectivity index (χ0v) is 11.6. The molecule has 1 nitrogen and oxygen atoms in total. The second-order valence-corrected chi connectivity index (χ2v) is 5.98. The Morgan fingerprint density at radius 3 is 2.71 bits per heavy atom. The van der Waals surface area contributed by atoms with E-state index in [-0.39, 0.29) is 0 Å². The summed E-state index contributed by atoms with van der Waals surface area (Å²) in [6.07, 6.45) is 5.49. The van der Waals surface area contributed by atoms with Gasteiger partial charge in [0.15, 0.2) is 0 Å². The lowest BCUT2D eigenvalue weighted by Gasteiger charge is -2.39. The van der Waals surface area contributed by atoms with E-state index in [2.05, 4.69) is 41.4 Å². The molecule has 0 aromatic rings. The van der Waals surface area contributed by atoms with Gasteiger partial charge in [-0.25, -0.2) is 0 Å². The number of alkyl halides is 1. The Morgan fingerprint density at radius 1 is 1.57 bits per heavy atom. The summed E-state index contributed by atoms with van der Waals surface area (Å²) < 4.78 is 1.26. The third kappa shape index (κ3) is 1.15. The normalized spacial score (nSPS) is 49.1. The average molecular weight is 305 g/mol. The van der Waals surface area contributed by atoms with Crippen molar-refractivity contribution in [2.24, 2.45) is 21.7 Å². The molecule has 14 heavy (non-hydrogen) atoms. The molecule has 0 saturated heterocycles. The van der Waals surface area contributed by atoms with Crippen molar-refractivity contribution in [3.05, 3.63) is 0 Å². The molecule has 0 aromatic carbocycles. The van der Waals surface area contributed by atoms with Crippen LogP contribution in [-0.2, 0) is 0 Å². The van der Waals surface area contributed by atoms with E-state index in [0.717, 1.165) is 5.92 Å². The van der Waals surface area contributed by atoms with E-state index in [1.54, 1.807) is 0 Å². The van der Waals surface area contributed by atoms with E-state index < -0.39 is 0 Å². The van der Waals surface area contributed by atoms with Gasteiger partial charge in [0.2, 0.25) is 0 Å². The number of aliphatic imine (C=N–C) groups is 1. The highest BCUT2D eigenvalue weighted by Gasteiger charge is 2.59. The molecular formula is C12H20IN. The highest BCUT2D eigenvalue weighted by molar-refractivity contribution is 14.1. The van der Waals surface area contributed by atoms with Crippen molar-refractivity contribution in [3.8, 4) is 0 Å². The third-order valence-corrected chi connectivity index (χ3v) is 6.02. The maximum Gasteiger partial charge on any atom is 0.0276 e. The molecule has 3 atom stereocenters. The number of halogens is 1. The Labute approximate surface area is 101 Å². The molecule has 80 valence electrons. The monoisotopic (exact) mass is 305 g/mol. The fourth-order valence-corrected chi connectivity index (χ4v) is 5.46. The fourth-order valence-electron chi connectivity index (χ4n) is 3.94. The fraction of sp³-hybridized carbons (Fsp3) is 0.917. The quantitative estimate of drug-likeness (QED) is 0.545. The van der Waals surface area contributed by atoms with Crippen LogP contribution in [0, 0.1) is 16.7 Å². The van der Waals surface area contributed by atoms with Crippen LogP contribution in [0.1, 0.15) is 39.5 Å². The number of hydrogen-bond acceptors (Lipinski definition) is 1. The second-order valence-electron chi connectivity index (χ2n) is 5.22. The van der Waals surface area contributed by atoms with Crippen LogP contribution in [0.2, 0.25) is 0 Å². The van der Waals surface area contributed by atoms with E-state index in [9.17, 15) is 0 Å². The first-order valence-corrected chi connectivity index (χ1v) is 7.19. The van der Waals surface area contributed by atoms with Gasteiger partial charge in [-0.15, -0.1) is 0 Å². The largest absolute Gasteiger partial charge is 0.296 e. The minimum absolute atomic E-state index is 0.459. The summed E-state index contributed by atoms with van der Waals surface area (Å²) in [4.78, 5) is 4.65. The SMILES string of the molecule is CC[C@@]1(CI)C(=NC)[C@@]2(C)CC[C@@H]1C2. The maximum absolute atomic E-state index is 4.65. The Morgan fingerprint density at radius 2 is 2.29 bits per heavy atom. The van der Waals surface area contributed by atoms with Crippen molar-refractivity contribution in [1.29, 1.82) is 0 Å². The van der Waals surface area contributed by atoms with Gasteiger partial charge in [-0.05, 0) is 31.6 Å². The van der Waals surface area contributed by atoms with Gasteiger partial charge in [-0.1, -0.05) is 36.4 Å². The molecule has 0 amide bonds. The Hall–Kier alpha value is 0.400. The lowest BCUT2D eigenvalue weighted by atomic mass is 9.68. The van der Waals surface area contributed by atoms with Gasteiger partial charge in [0.1, 0.15) is 0 Å². The first-order valence-electron chi connectivity index (χ1n) is 5.66. The summed E-state index contributed by atoms with van der Waals surface area (Å²) >= 11 is 2.57. The van der Waals surface area contributed by atoms with Gasteiger partial charge in [-0.3, -0.25) is 4.99 Å². The van der Waals surface area contributed by atoms with Crippen LogP contribution in [0.4, 0.5) is 0 Å². The first-order chi connectivity index (χ1) is 6.63. The molecule has 0 heterocycles. The van der Waals surface area contributed by atoms with E-state index in [1.807, 2.05) is 7.05 Å². The Balaban J connectivity index is 2.45. The minimum Gasteiger partial charge on any atom is -0.296 e. The highest BCUT2D eigenvalue weighted by atomic mass is 127. The third-order valence-electron chi connectivity index (χ3n) is 4.66. The van der Waals surface area contributed by atoms with Gasteiger partial charge in [0.05, 0.1) is 0 Å². The van der Waals surface area contributed by atoms with Crippen molar-refractivity contribution >= 4 is 28.3 Å². The van der Waals surface area contributed by atoms with Crippen LogP contribution in [-0.4, -0.2) is 17.2 Å². The van der Waals surface area contributed by atoms with Crippen molar-refractivity contribution in [3.63, 3.8) is 0 Å². The van der Waals surface area contributed by atoms with Gasteiger partial charge >= 0.3 is 0 Å². The number of fused-ring (bicyclic) bond motifs is 2. The van der Waals surface area contributed by atoms with Crippen molar-refractivity contribution in [2.75, 3.05) is 11.5 Å². The van der Waals surface area contributed by atoms with Crippen molar-refractivity contribution in [1.82, 2.24) is 0 Å². The van der Waals surface area contributed by atoms with E-state index >= 15 is 0 Å². The molecule has 0 spiro atoms. The topological polar surface area (TPSA) is 12.4 Å². The Bertz CT molecular complexity index is 267. The van der Waals surface area contributed by atoms with Crippen LogP contribution >= 0.6 is 22.6 Å². The summed E-state index contributed by atoms with van der Waals surface area (Å²) in [7, 11) is 2.00. The second kappa shape index (κ2) is 3.46. The van der Waals surface area contributed by atoms with Gasteiger partial charge in [0.25, 0.3) is 0 Å². The zero-order chi connectivity index (χ0) is 10.4. The summed E-state index contributed by atoms with van der Waals surface area (Å²) in [6, 6.07) is 0. The van der Waals surface area contributed by atoms with Gasteiger partial charge in [-0.2, -0.15) is 0 Å². The zero-order valence-electron chi connectivity index (χ0n) is 9.44. The summed E-state index contributed by atoms with van der Waals surface area (Å²) in [6.45, 7) is 4.77. The van der Waals surface area contributed by atoms with E-state index in [0.29, 0.717) is 10.8 Å². The highest BCUT2D eigenvalue weighted by Crippen LogP contribution is 2.62. The Kier molecular flexibility index (Phi) is 2.70. The molecule has 2 aliphatic carbocycles. The van der Waals surface area contributed by atoms with Crippen molar-refractivity contribution < 1.29 is 0 Å². The summed E-state index contributed by atoms with van der Waals surface area (Å²) in [5.74, 6) is 0.924. The molecule has 2 fully saturated rings. The summed E-state index contributed by atoms with van der Waals surface area (Å²) in [5.41, 5.74) is 2.46. The van der Waals surface area contributed by atoms with Crippen LogP contribution in [0.3, 0.4) is 0 Å². The van der Waals surface area contributed by atoms with Gasteiger partial charge < -0.3 is 0 Å². The van der Waals surface area contributed by atoms with Crippen LogP contribution < -0.4 is 0 Å². The first kappa shape index (κ1) is 10.9. The van der Waals surface area contributed by atoms with Crippen LogP contribution in [0.15, 0.2) is 4.99 Å². The van der Waals surface area contributed by atoms with E-state index in [4.69, 9.17) is 0 Å². The summed E-state index contributed by atoms with van der Waals surface area (Å²) in [5, 5.41) is 0. The number of rotatable bonds is 2. The lowest BCUT2D eigenvalue weighted by molar-refractivity contribution is 0.303. The molecule has 2 saturated carbocycles. The molecule has 0 aromatic heterocycles. The van der Waals surface area contributed by atoms with Crippen LogP contribution in [0.5, 0.6) is 0 Å². The van der Waals surface area contributed by atoms with E-state index in [1.165, 1.54) is 35.8 Å². The predicted octanol–water partition coefficient (Wildman–Crippen LogP) is 3.71. The average Bonchev–Trinajstić information content (AvgIpc) is 2.68. The minimum atomic E-state index is 0.459. The van der Waals surface area contributed by atoms with Crippen LogP contribution in [0.25, 0.3) is 0 Å². The maximum atomic E-state index is 4.65. The number of hydrogen-bond donors (Lipinski definition) is 0. The molecule has 0 N–H and O–H groups in total. The predicted molar refractivity (Wildman–Crippen MR) is 70.4 cm³/mol. The molecule has 0 unspecified atom stereocenters. The smallest absolute Gasteiger partial charge is 0.0276 e. The molecule has 2 rings (SSSR count). The lowest BCUT2D eigenvalue weighted by Crippen LogP contribution is -2.41.